The molecule has 2 aromatic rings. The van der Waals surface area contributed by atoms with Crippen LogP contribution in [0.1, 0.15) is 6.42 Å². The van der Waals surface area contributed by atoms with Gasteiger partial charge in [-0.1, -0.05) is 48.5 Å². The van der Waals surface area contributed by atoms with Gasteiger partial charge in [0.25, 0.3) is 0 Å². The fourth-order valence-corrected chi connectivity index (χ4v) is 3.24. The number of carbonyl (C=O) groups excluding carboxylic acids is 1. The second-order valence-electron chi connectivity index (χ2n) is 4.96. The van der Waals surface area contributed by atoms with Gasteiger partial charge >= 0.3 is 16.3 Å². The van der Waals surface area contributed by atoms with E-state index in [0.717, 1.165) is 0 Å². The third-order valence-electron chi connectivity index (χ3n) is 3.32. The van der Waals surface area contributed by atoms with Crippen LogP contribution in [0.4, 0.5) is 5.69 Å². The van der Waals surface area contributed by atoms with Gasteiger partial charge in [0, 0.05) is 5.56 Å². The van der Waals surface area contributed by atoms with Gasteiger partial charge in [0.05, 0.1) is 12.1 Å². The maximum absolute atomic E-state index is 11.8. The Hall–Kier alpha value is -2.71. The first kappa shape index (κ1) is 17.6. The summed E-state index contributed by atoms with van der Waals surface area (Å²) in [6.45, 7) is 0. The van der Waals surface area contributed by atoms with Crippen molar-refractivity contribution in [2.75, 3.05) is 4.31 Å². The van der Waals surface area contributed by atoms with Gasteiger partial charge in [-0.15, -0.1) is 0 Å². The van der Waals surface area contributed by atoms with Gasteiger partial charge in [-0.25, -0.2) is 4.31 Å². The summed E-state index contributed by atoms with van der Waals surface area (Å²) in [5.74, 6) is -1.36. The number of aldehydes is 1. The zero-order valence-electron chi connectivity index (χ0n) is 12.4. The largest absolute Gasteiger partial charge is 0.481 e. The molecule has 1 atom stereocenters. The molecule has 0 saturated carbocycles. The Balaban J connectivity index is 2.64. The maximum Gasteiger partial charge on any atom is 0.360 e. The van der Waals surface area contributed by atoms with Gasteiger partial charge in [-0.2, -0.15) is 8.42 Å². The van der Waals surface area contributed by atoms with Crippen molar-refractivity contribution in [1.82, 2.24) is 0 Å². The standard InChI is InChI=1S/C16H15NO6S/c18-11-13(10-16(19)20)17(24(21,22)23)15-9-5-4-8-14(15)12-6-2-1-3-7-12/h1-9,11,13H,10H2,(H,19,20)(H,21,22,23). The predicted octanol–water partition coefficient (Wildman–Crippen LogP) is 2.00. The normalized spacial score (nSPS) is 12.4. The summed E-state index contributed by atoms with van der Waals surface area (Å²) in [5, 5.41) is 8.90. The summed E-state index contributed by atoms with van der Waals surface area (Å²) in [7, 11) is -4.87. The van der Waals surface area contributed by atoms with Crippen molar-refractivity contribution in [2.45, 2.75) is 12.5 Å². The molecule has 8 heteroatoms. The molecule has 1 unspecified atom stereocenters. The van der Waals surface area contributed by atoms with E-state index in [4.69, 9.17) is 5.11 Å². The summed E-state index contributed by atoms with van der Waals surface area (Å²) in [6.07, 6.45) is -0.587. The fraction of sp³-hybridized carbons (Fsp3) is 0.125. The van der Waals surface area contributed by atoms with E-state index in [9.17, 15) is 22.6 Å². The van der Waals surface area contributed by atoms with E-state index in [-0.39, 0.29) is 12.0 Å². The lowest BCUT2D eigenvalue weighted by atomic mass is 10.0. The van der Waals surface area contributed by atoms with Crippen molar-refractivity contribution in [2.24, 2.45) is 0 Å². The SMILES string of the molecule is O=CC(CC(=O)O)N(c1ccccc1-c1ccccc1)S(=O)(=O)O. The van der Waals surface area contributed by atoms with Gasteiger partial charge in [0.2, 0.25) is 0 Å². The number of aliphatic carboxylic acids is 1. The highest BCUT2D eigenvalue weighted by molar-refractivity contribution is 7.87. The number of anilines is 1. The molecule has 0 bridgehead atoms. The third-order valence-corrected chi connectivity index (χ3v) is 4.28. The van der Waals surface area contributed by atoms with Crippen molar-refractivity contribution < 1.29 is 27.7 Å². The van der Waals surface area contributed by atoms with Crippen LogP contribution in [0, 0.1) is 0 Å². The second kappa shape index (κ2) is 7.24. The highest BCUT2D eigenvalue weighted by Crippen LogP contribution is 2.33. The number of carbonyl (C=O) groups is 2. The quantitative estimate of drug-likeness (QED) is 0.584. The number of rotatable bonds is 7. The average molecular weight is 349 g/mol. The lowest BCUT2D eigenvalue weighted by molar-refractivity contribution is -0.138. The first-order valence-electron chi connectivity index (χ1n) is 6.93. The van der Waals surface area contributed by atoms with Crippen molar-refractivity contribution in [3.63, 3.8) is 0 Å². The topological polar surface area (TPSA) is 112 Å². The molecule has 2 rings (SSSR count). The number of hydrogen-bond acceptors (Lipinski definition) is 4. The predicted molar refractivity (Wildman–Crippen MR) is 88.0 cm³/mol. The number of benzene rings is 2. The first-order chi connectivity index (χ1) is 11.3. The molecular weight excluding hydrogens is 334 g/mol. The number of hydrogen-bond donors (Lipinski definition) is 2. The second-order valence-corrected chi connectivity index (χ2v) is 6.25. The molecule has 0 aliphatic heterocycles. The van der Waals surface area contributed by atoms with Crippen LogP contribution in [-0.4, -0.2) is 36.4 Å². The monoisotopic (exact) mass is 349 g/mol. The van der Waals surface area contributed by atoms with E-state index >= 15 is 0 Å². The van der Waals surface area contributed by atoms with Crippen molar-refractivity contribution in [3.05, 3.63) is 54.6 Å². The summed E-state index contributed by atoms with van der Waals surface area (Å²) in [4.78, 5) is 22.2. The molecule has 24 heavy (non-hydrogen) atoms. The van der Waals surface area contributed by atoms with Gasteiger partial charge in [-0.05, 0) is 11.6 Å². The zero-order chi connectivity index (χ0) is 17.7. The number of nitrogens with zero attached hydrogens (tertiary/aromatic N) is 1. The maximum atomic E-state index is 11.8. The van der Waals surface area contributed by atoms with Crippen molar-refractivity contribution in [3.8, 4) is 11.1 Å². The Morgan fingerprint density at radius 1 is 1.08 bits per heavy atom. The minimum atomic E-state index is -4.87. The molecular formula is C16H15NO6S. The minimum Gasteiger partial charge on any atom is -0.481 e. The lowest BCUT2D eigenvalue weighted by Gasteiger charge is -2.27. The van der Waals surface area contributed by atoms with Gasteiger partial charge in [0.15, 0.2) is 0 Å². The molecule has 0 radical (unpaired) electrons. The van der Waals surface area contributed by atoms with E-state index in [2.05, 4.69) is 0 Å². The Morgan fingerprint density at radius 3 is 2.21 bits per heavy atom. The van der Waals surface area contributed by atoms with E-state index in [1.54, 1.807) is 42.5 Å². The number of carboxylic acid groups (broad SMARTS) is 1. The first-order valence-corrected chi connectivity index (χ1v) is 8.32. The van der Waals surface area contributed by atoms with Crippen molar-refractivity contribution in [1.29, 1.82) is 0 Å². The number of para-hydroxylation sites is 1. The molecule has 0 amide bonds. The molecule has 0 aromatic heterocycles. The zero-order valence-corrected chi connectivity index (χ0v) is 13.3. The molecule has 7 nitrogen and oxygen atoms in total. The summed E-state index contributed by atoms with van der Waals surface area (Å²) < 4.78 is 33.6. The Bertz CT molecular complexity index is 835. The Kier molecular flexibility index (Phi) is 5.32. The van der Waals surface area contributed by atoms with Crippen LogP contribution >= 0.6 is 0 Å². The Labute approximate surface area is 139 Å². The average Bonchev–Trinajstić information content (AvgIpc) is 2.54. The van der Waals surface area contributed by atoms with Crippen LogP contribution in [0.15, 0.2) is 54.6 Å². The smallest absolute Gasteiger partial charge is 0.360 e. The van der Waals surface area contributed by atoms with Crippen LogP contribution in [-0.2, 0) is 19.9 Å². The van der Waals surface area contributed by atoms with Gasteiger partial charge < -0.3 is 9.90 Å². The van der Waals surface area contributed by atoms with E-state index in [1.807, 2.05) is 0 Å². The van der Waals surface area contributed by atoms with E-state index < -0.39 is 28.7 Å². The minimum absolute atomic E-state index is 0.0181. The van der Waals surface area contributed by atoms with Crippen LogP contribution in [0.3, 0.4) is 0 Å². The third kappa shape index (κ3) is 3.98. The van der Waals surface area contributed by atoms with Gasteiger partial charge in [-0.3, -0.25) is 9.35 Å². The molecule has 0 spiro atoms. The summed E-state index contributed by atoms with van der Waals surface area (Å²) in [6, 6.07) is 13.4. The van der Waals surface area contributed by atoms with Crippen LogP contribution in [0.25, 0.3) is 11.1 Å². The summed E-state index contributed by atoms with van der Waals surface area (Å²) in [5.41, 5.74) is 1.11. The van der Waals surface area contributed by atoms with Crippen LogP contribution < -0.4 is 4.31 Å². The highest BCUT2D eigenvalue weighted by atomic mass is 32.2. The van der Waals surface area contributed by atoms with Crippen molar-refractivity contribution >= 4 is 28.2 Å². The highest BCUT2D eigenvalue weighted by Gasteiger charge is 2.32. The van der Waals surface area contributed by atoms with Crippen LogP contribution in [0.5, 0.6) is 0 Å². The molecule has 126 valence electrons. The van der Waals surface area contributed by atoms with Crippen LogP contribution in [0.2, 0.25) is 0 Å². The van der Waals surface area contributed by atoms with E-state index in [1.165, 1.54) is 12.1 Å². The van der Waals surface area contributed by atoms with E-state index in [0.29, 0.717) is 15.4 Å². The molecule has 0 aliphatic rings. The van der Waals surface area contributed by atoms with Gasteiger partial charge in [0.1, 0.15) is 12.3 Å². The molecule has 0 heterocycles. The Morgan fingerprint density at radius 2 is 1.67 bits per heavy atom. The molecule has 0 aliphatic carbocycles. The molecule has 0 saturated heterocycles. The molecule has 2 N–H and O–H groups in total. The molecule has 2 aromatic carbocycles. The fourth-order valence-electron chi connectivity index (χ4n) is 2.37. The number of carboxylic acids is 1. The summed E-state index contributed by atoms with van der Waals surface area (Å²) >= 11 is 0. The molecule has 0 fully saturated rings. The lowest BCUT2D eigenvalue weighted by Crippen LogP contribution is -2.42.